The van der Waals surface area contributed by atoms with Gasteiger partial charge < -0.3 is 9.80 Å². The van der Waals surface area contributed by atoms with E-state index in [-0.39, 0.29) is 6.71 Å². The van der Waals surface area contributed by atoms with Crippen molar-refractivity contribution in [1.82, 2.24) is 0 Å². The summed E-state index contributed by atoms with van der Waals surface area (Å²) in [4.78, 5) is 5.46. The Bertz CT molecular complexity index is 3600. The second-order valence-electron chi connectivity index (χ2n) is 19.2. The molecule has 318 valence electrons. The molecule has 9 aromatic carbocycles. The molecule has 15 rings (SSSR count). The van der Waals surface area contributed by atoms with Crippen LogP contribution in [0.4, 0.5) is 34.1 Å². The third kappa shape index (κ3) is 5.62. The van der Waals surface area contributed by atoms with Gasteiger partial charge in [0.25, 0.3) is 6.71 Å². The summed E-state index contributed by atoms with van der Waals surface area (Å²) in [7, 11) is 0. The summed E-state index contributed by atoms with van der Waals surface area (Å²) >= 11 is 3.85. The molecule has 5 heteroatoms. The van der Waals surface area contributed by atoms with E-state index in [0.29, 0.717) is 0 Å². The lowest BCUT2D eigenvalue weighted by Crippen LogP contribution is -2.61. The minimum atomic E-state index is 0.00503. The highest BCUT2D eigenvalue weighted by Crippen LogP contribution is 2.54. The number of nitrogens with zero attached hydrogens (tertiary/aromatic N) is 2. The number of thiophene rings is 2. The Morgan fingerprint density at radius 2 is 0.776 bits per heavy atom. The topological polar surface area (TPSA) is 6.48 Å². The van der Waals surface area contributed by atoms with Gasteiger partial charge in [0.1, 0.15) is 0 Å². The molecular weight excluding hydrogens is 848 g/mol. The van der Waals surface area contributed by atoms with Crippen LogP contribution in [0.1, 0.15) is 47.9 Å². The van der Waals surface area contributed by atoms with Crippen LogP contribution in [-0.4, -0.2) is 6.71 Å². The zero-order chi connectivity index (χ0) is 43.7. The highest BCUT2D eigenvalue weighted by molar-refractivity contribution is 7.26. The molecule has 0 bridgehead atoms. The van der Waals surface area contributed by atoms with Crippen LogP contribution in [0.25, 0.3) is 62.6 Å². The highest BCUT2D eigenvalue weighted by atomic mass is 32.1. The fourth-order valence-electron chi connectivity index (χ4n) is 12.6. The minimum Gasteiger partial charge on any atom is -0.310 e. The summed E-state index contributed by atoms with van der Waals surface area (Å²) in [5.41, 5.74) is 23.0. The van der Waals surface area contributed by atoms with Gasteiger partial charge in [-0.15, -0.1) is 22.7 Å². The molecule has 11 aromatic rings. The van der Waals surface area contributed by atoms with Gasteiger partial charge >= 0.3 is 0 Å². The average molecular weight is 893 g/mol. The van der Waals surface area contributed by atoms with E-state index in [1.165, 1.54) is 161 Å². The zero-order valence-electron chi connectivity index (χ0n) is 37.2. The molecule has 2 nitrogen and oxygen atoms in total. The van der Waals surface area contributed by atoms with Crippen molar-refractivity contribution in [2.24, 2.45) is 0 Å². The fraction of sp³-hybridized carbons (Fsp3) is 0.129. The molecule has 0 unspecified atom stereocenters. The van der Waals surface area contributed by atoms with Gasteiger partial charge in [0.15, 0.2) is 0 Å². The largest absolute Gasteiger partial charge is 0.310 e. The second kappa shape index (κ2) is 14.8. The smallest absolute Gasteiger partial charge is 0.252 e. The van der Waals surface area contributed by atoms with Crippen molar-refractivity contribution in [3.63, 3.8) is 0 Å². The van der Waals surface area contributed by atoms with Crippen molar-refractivity contribution in [3.05, 3.63) is 198 Å². The molecular formula is C62H45BN2S2. The highest BCUT2D eigenvalue weighted by Gasteiger charge is 2.46. The summed E-state index contributed by atoms with van der Waals surface area (Å²) in [5, 5.41) is 5.39. The van der Waals surface area contributed by atoms with Gasteiger partial charge in [-0.3, -0.25) is 0 Å². The van der Waals surface area contributed by atoms with E-state index in [0.717, 1.165) is 25.7 Å². The van der Waals surface area contributed by atoms with Crippen LogP contribution in [-0.2, 0) is 25.7 Å². The maximum absolute atomic E-state index is 2.73. The van der Waals surface area contributed by atoms with Crippen LogP contribution in [0.3, 0.4) is 0 Å². The van der Waals surface area contributed by atoms with Gasteiger partial charge in [-0.2, -0.15) is 0 Å². The molecule has 2 aliphatic carbocycles. The molecule has 0 atom stereocenters. The first kappa shape index (κ1) is 38.2. The third-order valence-corrected chi connectivity index (χ3v) is 17.8. The molecule has 0 saturated carbocycles. The molecule has 4 aliphatic rings. The van der Waals surface area contributed by atoms with E-state index in [1.807, 2.05) is 22.7 Å². The minimum absolute atomic E-state index is 0.00503. The van der Waals surface area contributed by atoms with Crippen molar-refractivity contribution in [1.29, 1.82) is 0 Å². The molecule has 2 aromatic heterocycles. The molecule has 0 radical (unpaired) electrons. The normalized spacial score (nSPS) is 14.9. The molecule has 0 saturated heterocycles. The number of fused-ring (bicyclic) bond motifs is 14. The average Bonchev–Trinajstić information content (AvgIpc) is 3.97. The summed E-state index contributed by atoms with van der Waals surface area (Å²) in [6, 6.07) is 68.1. The van der Waals surface area contributed by atoms with E-state index in [9.17, 15) is 0 Å². The summed E-state index contributed by atoms with van der Waals surface area (Å²) in [6.45, 7) is 0.00503. The number of benzene rings is 9. The van der Waals surface area contributed by atoms with Crippen LogP contribution >= 0.6 is 22.7 Å². The summed E-state index contributed by atoms with van der Waals surface area (Å²) in [6.07, 6.45) is 9.47. The van der Waals surface area contributed by atoms with E-state index >= 15 is 0 Å². The Labute approximate surface area is 399 Å². The van der Waals surface area contributed by atoms with Crippen LogP contribution < -0.4 is 26.2 Å². The molecule has 67 heavy (non-hydrogen) atoms. The number of hydrogen-bond acceptors (Lipinski definition) is 4. The van der Waals surface area contributed by atoms with Gasteiger partial charge in [-0.05, 0) is 162 Å². The predicted molar refractivity (Wildman–Crippen MR) is 290 cm³/mol. The first-order valence-electron chi connectivity index (χ1n) is 24.3. The van der Waals surface area contributed by atoms with Crippen LogP contribution in [0.5, 0.6) is 0 Å². The van der Waals surface area contributed by atoms with Gasteiger partial charge in [-0.1, -0.05) is 115 Å². The Hall–Kier alpha value is -6.92. The van der Waals surface area contributed by atoms with E-state index in [4.69, 9.17) is 0 Å². The summed E-state index contributed by atoms with van der Waals surface area (Å²) < 4.78 is 5.34. The van der Waals surface area contributed by atoms with Gasteiger partial charge in [0, 0.05) is 62.8 Å². The Morgan fingerprint density at radius 3 is 1.24 bits per heavy atom. The van der Waals surface area contributed by atoms with Crippen LogP contribution in [0.2, 0.25) is 0 Å². The molecule has 4 heterocycles. The number of aryl methyl sites for hydroxylation is 4. The lowest BCUT2D eigenvalue weighted by Gasteiger charge is -2.45. The number of hydrogen-bond donors (Lipinski definition) is 0. The maximum Gasteiger partial charge on any atom is 0.252 e. The van der Waals surface area contributed by atoms with Crippen LogP contribution in [0, 0.1) is 0 Å². The molecule has 0 spiro atoms. The van der Waals surface area contributed by atoms with E-state index in [1.54, 1.807) is 0 Å². The first-order valence-corrected chi connectivity index (χ1v) is 25.9. The van der Waals surface area contributed by atoms with Crippen molar-refractivity contribution < 1.29 is 0 Å². The van der Waals surface area contributed by atoms with Gasteiger partial charge in [0.05, 0.1) is 22.7 Å². The van der Waals surface area contributed by atoms with Crippen molar-refractivity contribution in [2.45, 2.75) is 51.4 Å². The summed E-state index contributed by atoms with van der Waals surface area (Å²) in [5.74, 6) is 0. The lowest BCUT2D eigenvalue weighted by atomic mass is 9.33. The van der Waals surface area contributed by atoms with E-state index in [2.05, 4.69) is 186 Å². The molecule has 0 amide bonds. The molecule has 0 N–H and O–H groups in total. The Kier molecular flexibility index (Phi) is 8.44. The van der Waals surface area contributed by atoms with Crippen molar-refractivity contribution >= 4 is 120 Å². The Morgan fingerprint density at radius 1 is 0.358 bits per heavy atom. The lowest BCUT2D eigenvalue weighted by molar-refractivity contribution is 0.686. The second-order valence-corrected chi connectivity index (χ2v) is 21.4. The number of rotatable bonds is 4. The van der Waals surface area contributed by atoms with Crippen molar-refractivity contribution in [3.8, 4) is 22.3 Å². The quantitative estimate of drug-likeness (QED) is 0.162. The SMILES string of the molecule is c1ccc(-c2cc3c(cc2N2c4cccc5c4B(c4ccc6sc7ccccc7c6c42)c2ccc4sc6ccccc6c4c2N5c2cc4c(cc2-c2ccccc2)CCCC4)CCCC3)cc1. The number of anilines is 6. The monoisotopic (exact) mass is 892 g/mol. The fourth-order valence-corrected chi connectivity index (χ4v) is 14.9. The maximum atomic E-state index is 2.73. The zero-order valence-corrected chi connectivity index (χ0v) is 38.8. The Balaban J connectivity index is 1.11. The standard InChI is InChI=1S/C62H45BN2S2/c1-3-16-38(17-4-1)46-34-40-20-7-9-22-42(40)36-52(46)64-50-26-15-27-51-60(50)63(48-30-32-56-58(61(48)64)44-24-11-13-28-54(44)66-56)49-31-33-57-59(45-25-12-14-29-55(45)67-57)62(49)65(51)53-37-43-23-10-8-21-41(43)35-47(53)39-18-5-2-6-19-39/h1-6,11-19,24-37H,7-10,20-23H2. The molecule has 0 fully saturated rings. The predicted octanol–water partition coefficient (Wildman–Crippen LogP) is 15.6. The van der Waals surface area contributed by atoms with Gasteiger partial charge in [0.2, 0.25) is 0 Å². The van der Waals surface area contributed by atoms with Gasteiger partial charge in [-0.25, -0.2) is 0 Å². The molecule has 2 aliphatic heterocycles. The van der Waals surface area contributed by atoms with Crippen molar-refractivity contribution in [2.75, 3.05) is 9.80 Å². The van der Waals surface area contributed by atoms with E-state index < -0.39 is 0 Å². The first-order chi connectivity index (χ1) is 33.2. The van der Waals surface area contributed by atoms with Crippen LogP contribution in [0.15, 0.2) is 176 Å². The third-order valence-electron chi connectivity index (χ3n) is 15.6.